The van der Waals surface area contributed by atoms with Gasteiger partial charge in [-0.1, -0.05) is 48.9 Å². The van der Waals surface area contributed by atoms with Crippen molar-refractivity contribution in [3.63, 3.8) is 0 Å². The van der Waals surface area contributed by atoms with E-state index in [4.69, 9.17) is 4.74 Å². The van der Waals surface area contributed by atoms with E-state index in [1.807, 2.05) is 31.3 Å². The second kappa shape index (κ2) is 8.34. The van der Waals surface area contributed by atoms with Crippen LogP contribution in [0, 0.1) is 6.92 Å². The summed E-state index contributed by atoms with van der Waals surface area (Å²) >= 11 is 0. The number of methoxy groups -OCH3 is 1. The average molecular weight is 323 g/mol. The van der Waals surface area contributed by atoms with E-state index in [0.29, 0.717) is 6.54 Å². The molecule has 0 saturated carbocycles. The van der Waals surface area contributed by atoms with Crippen LogP contribution in [0.3, 0.4) is 0 Å². The van der Waals surface area contributed by atoms with Crippen molar-refractivity contribution >= 4 is 11.5 Å². The van der Waals surface area contributed by atoms with E-state index in [2.05, 4.69) is 38.1 Å². The molecule has 3 heteroatoms. The molecule has 0 heterocycles. The third kappa shape index (κ3) is 4.72. The molecule has 0 aromatic heterocycles. The number of likely N-dealkylation sites (N-methyl/N-ethyl adjacent to an activating group) is 1. The molecule has 3 nitrogen and oxygen atoms in total. The number of allylic oxidation sites excluding steroid dienone is 1. The molecule has 2 aromatic carbocycles. The van der Waals surface area contributed by atoms with E-state index >= 15 is 0 Å². The molecule has 0 N–H and O–H groups in total. The van der Waals surface area contributed by atoms with Gasteiger partial charge in [0.05, 0.1) is 7.11 Å². The zero-order valence-corrected chi connectivity index (χ0v) is 14.9. The first-order valence-corrected chi connectivity index (χ1v) is 8.19. The molecule has 0 aliphatic carbocycles. The summed E-state index contributed by atoms with van der Waals surface area (Å²) in [7, 11) is 3.46. The number of amides is 1. The molecule has 24 heavy (non-hydrogen) atoms. The van der Waals surface area contributed by atoms with E-state index < -0.39 is 0 Å². The number of aryl methyl sites for hydroxylation is 1. The molecule has 0 spiro atoms. The van der Waals surface area contributed by atoms with Gasteiger partial charge >= 0.3 is 0 Å². The molecular formula is C21H25NO2. The van der Waals surface area contributed by atoms with Gasteiger partial charge in [-0.25, -0.2) is 0 Å². The number of hydrogen-bond donors (Lipinski definition) is 0. The van der Waals surface area contributed by atoms with Gasteiger partial charge in [-0.2, -0.15) is 0 Å². The number of hydrogen-bond acceptors (Lipinski definition) is 2. The molecule has 0 saturated heterocycles. The number of carbonyl (C=O) groups is 1. The Balaban J connectivity index is 2.12. The fraction of sp³-hybridized carbons (Fsp3) is 0.286. The highest BCUT2D eigenvalue weighted by molar-refractivity contribution is 5.95. The van der Waals surface area contributed by atoms with Crippen LogP contribution in [0.15, 0.2) is 54.6 Å². The largest absolute Gasteiger partial charge is 0.497 e. The van der Waals surface area contributed by atoms with Crippen LogP contribution < -0.4 is 4.74 Å². The number of nitrogens with zero attached hydrogens (tertiary/aromatic N) is 1. The molecule has 0 aliphatic heterocycles. The predicted octanol–water partition coefficient (Wildman–Crippen LogP) is 4.46. The van der Waals surface area contributed by atoms with Crippen LogP contribution in [0.25, 0.3) is 5.57 Å². The highest BCUT2D eigenvalue weighted by Gasteiger charge is 2.09. The number of ether oxygens (including phenoxy) is 1. The Bertz CT molecular complexity index is 717. The number of rotatable bonds is 6. The van der Waals surface area contributed by atoms with Gasteiger partial charge in [0.25, 0.3) is 0 Å². The lowest BCUT2D eigenvalue weighted by molar-refractivity contribution is -0.125. The lowest BCUT2D eigenvalue weighted by atomic mass is 10.0. The summed E-state index contributed by atoms with van der Waals surface area (Å²) in [4.78, 5) is 14.3. The standard InChI is InChI=1S/C21H25NO2/c1-5-18(19-11-9-16(2)10-12-19)14-21(23)22(3)15-17-7-6-8-20(13-17)24-4/h6-14H,5,15H2,1-4H3/b18-14+. The normalized spacial score (nSPS) is 11.2. The Morgan fingerprint density at radius 2 is 1.88 bits per heavy atom. The summed E-state index contributed by atoms with van der Waals surface area (Å²) in [5.41, 5.74) is 4.42. The number of benzene rings is 2. The maximum absolute atomic E-state index is 12.5. The molecule has 0 aliphatic rings. The molecule has 0 bridgehead atoms. The summed E-state index contributed by atoms with van der Waals surface area (Å²) in [6.07, 6.45) is 2.56. The van der Waals surface area contributed by atoms with Crippen LogP contribution >= 0.6 is 0 Å². The SMILES string of the molecule is CC/C(=C\C(=O)N(C)Cc1cccc(OC)c1)c1ccc(C)cc1. The molecule has 1 amide bonds. The predicted molar refractivity (Wildman–Crippen MR) is 98.9 cm³/mol. The fourth-order valence-corrected chi connectivity index (χ4v) is 2.54. The lowest BCUT2D eigenvalue weighted by Gasteiger charge is -2.17. The monoisotopic (exact) mass is 323 g/mol. The second-order valence-electron chi connectivity index (χ2n) is 5.93. The maximum Gasteiger partial charge on any atom is 0.246 e. The highest BCUT2D eigenvalue weighted by atomic mass is 16.5. The van der Waals surface area contributed by atoms with Gasteiger partial charge in [0.15, 0.2) is 0 Å². The van der Waals surface area contributed by atoms with Gasteiger partial charge < -0.3 is 9.64 Å². The van der Waals surface area contributed by atoms with Crippen molar-refractivity contribution in [1.82, 2.24) is 4.90 Å². The zero-order valence-electron chi connectivity index (χ0n) is 14.9. The van der Waals surface area contributed by atoms with Crippen LogP contribution in [0.5, 0.6) is 5.75 Å². The minimum absolute atomic E-state index is 0.00949. The molecule has 126 valence electrons. The van der Waals surface area contributed by atoms with Crippen molar-refractivity contribution in [1.29, 1.82) is 0 Å². The summed E-state index contributed by atoms with van der Waals surface area (Å²) in [6, 6.07) is 16.1. The Labute approximate surface area is 144 Å². The van der Waals surface area contributed by atoms with Gasteiger partial charge in [0.2, 0.25) is 5.91 Å². The average Bonchev–Trinajstić information content (AvgIpc) is 2.60. The molecular weight excluding hydrogens is 298 g/mol. The fourth-order valence-electron chi connectivity index (χ4n) is 2.54. The van der Waals surface area contributed by atoms with Crippen LogP contribution in [0.4, 0.5) is 0 Å². The molecule has 0 fully saturated rings. The third-order valence-electron chi connectivity index (χ3n) is 4.03. The Hall–Kier alpha value is -2.55. The molecule has 0 unspecified atom stereocenters. The van der Waals surface area contributed by atoms with Gasteiger partial charge in [-0.05, 0) is 42.2 Å². The maximum atomic E-state index is 12.5. The molecule has 0 atom stereocenters. The van der Waals surface area contributed by atoms with E-state index in [1.54, 1.807) is 18.1 Å². The van der Waals surface area contributed by atoms with Crippen LogP contribution in [0.2, 0.25) is 0 Å². The lowest BCUT2D eigenvalue weighted by Crippen LogP contribution is -2.24. The Morgan fingerprint density at radius 1 is 1.17 bits per heavy atom. The van der Waals surface area contributed by atoms with Crippen LogP contribution in [0.1, 0.15) is 30.0 Å². The van der Waals surface area contributed by atoms with Crippen molar-refractivity contribution in [2.24, 2.45) is 0 Å². The second-order valence-corrected chi connectivity index (χ2v) is 5.93. The van der Waals surface area contributed by atoms with Crippen LogP contribution in [-0.2, 0) is 11.3 Å². The first-order chi connectivity index (χ1) is 11.5. The van der Waals surface area contributed by atoms with Crippen molar-refractivity contribution in [2.75, 3.05) is 14.2 Å². The minimum Gasteiger partial charge on any atom is -0.497 e. The summed E-state index contributed by atoms with van der Waals surface area (Å²) in [6.45, 7) is 4.69. The van der Waals surface area contributed by atoms with E-state index in [9.17, 15) is 4.79 Å². The van der Waals surface area contributed by atoms with Crippen molar-refractivity contribution in [2.45, 2.75) is 26.8 Å². The van der Waals surface area contributed by atoms with Gasteiger partial charge in [0.1, 0.15) is 5.75 Å². The highest BCUT2D eigenvalue weighted by Crippen LogP contribution is 2.19. The first kappa shape index (κ1) is 17.8. The molecule has 0 radical (unpaired) electrons. The zero-order chi connectivity index (χ0) is 17.5. The Kier molecular flexibility index (Phi) is 6.19. The topological polar surface area (TPSA) is 29.5 Å². The van der Waals surface area contributed by atoms with Crippen molar-refractivity contribution in [3.8, 4) is 5.75 Å². The first-order valence-electron chi connectivity index (χ1n) is 8.19. The smallest absolute Gasteiger partial charge is 0.246 e. The third-order valence-corrected chi connectivity index (χ3v) is 4.03. The van der Waals surface area contributed by atoms with Gasteiger partial charge in [-0.3, -0.25) is 4.79 Å². The van der Waals surface area contributed by atoms with Gasteiger partial charge in [0, 0.05) is 19.7 Å². The Morgan fingerprint density at radius 3 is 2.50 bits per heavy atom. The summed E-state index contributed by atoms with van der Waals surface area (Å²) < 4.78 is 5.23. The van der Waals surface area contributed by atoms with E-state index in [-0.39, 0.29) is 5.91 Å². The summed E-state index contributed by atoms with van der Waals surface area (Å²) in [5.74, 6) is 0.813. The van der Waals surface area contributed by atoms with Crippen LogP contribution in [-0.4, -0.2) is 25.0 Å². The van der Waals surface area contributed by atoms with Gasteiger partial charge in [-0.15, -0.1) is 0 Å². The number of carbonyl (C=O) groups excluding carboxylic acids is 1. The van der Waals surface area contributed by atoms with E-state index in [0.717, 1.165) is 28.9 Å². The summed E-state index contributed by atoms with van der Waals surface area (Å²) in [5, 5.41) is 0. The quantitative estimate of drug-likeness (QED) is 0.735. The minimum atomic E-state index is 0.00949. The molecule has 2 rings (SSSR count). The van der Waals surface area contributed by atoms with Crippen molar-refractivity contribution in [3.05, 3.63) is 71.3 Å². The van der Waals surface area contributed by atoms with Crippen molar-refractivity contribution < 1.29 is 9.53 Å². The molecule has 2 aromatic rings. The van der Waals surface area contributed by atoms with E-state index in [1.165, 1.54) is 5.56 Å².